The highest BCUT2D eigenvalue weighted by atomic mass is 19.1. The normalized spacial score (nSPS) is 16.9. The second kappa shape index (κ2) is 7.20. The van der Waals surface area contributed by atoms with Crippen molar-refractivity contribution < 1.29 is 9.18 Å². The molecule has 0 saturated carbocycles. The Kier molecular flexibility index (Phi) is 5.30. The van der Waals surface area contributed by atoms with Gasteiger partial charge in [0.2, 0.25) is 5.91 Å². The third-order valence-electron chi connectivity index (χ3n) is 3.62. The largest absolute Gasteiger partial charge is 0.353 e. The molecule has 2 rings (SSSR count). The van der Waals surface area contributed by atoms with E-state index in [4.69, 9.17) is 0 Å². The Morgan fingerprint density at radius 2 is 2.00 bits per heavy atom. The number of carbonyl (C=O) groups is 1. The van der Waals surface area contributed by atoms with Gasteiger partial charge in [-0.25, -0.2) is 4.39 Å². The van der Waals surface area contributed by atoms with E-state index >= 15 is 0 Å². The summed E-state index contributed by atoms with van der Waals surface area (Å²) in [4.78, 5) is 14.3. The Morgan fingerprint density at radius 1 is 1.35 bits per heavy atom. The molecule has 1 aromatic rings. The lowest BCUT2D eigenvalue weighted by molar-refractivity contribution is -0.121. The number of amides is 1. The molecule has 1 aliphatic rings. The fourth-order valence-corrected chi connectivity index (χ4v) is 2.51. The Morgan fingerprint density at radius 3 is 2.60 bits per heavy atom. The molecule has 1 amide bonds. The molecule has 0 aromatic heterocycles. The minimum absolute atomic E-state index is 0.0128. The van der Waals surface area contributed by atoms with Crippen molar-refractivity contribution >= 4 is 5.91 Å². The van der Waals surface area contributed by atoms with Gasteiger partial charge < -0.3 is 5.32 Å². The van der Waals surface area contributed by atoms with Crippen LogP contribution in [0.4, 0.5) is 4.39 Å². The fraction of sp³-hybridized carbons (Fsp3) is 0.438. The third-order valence-corrected chi connectivity index (χ3v) is 3.62. The molecule has 1 saturated heterocycles. The summed E-state index contributed by atoms with van der Waals surface area (Å²) in [7, 11) is 0. The zero-order chi connectivity index (χ0) is 14.4. The van der Waals surface area contributed by atoms with E-state index in [0.29, 0.717) is 6.42 Å². The lowest BCUT2D eigenvalue weighted by Crippen LogP contribution is -2.45. The van der Waals surface area contributed by atoms with Gasteiger partial charge in [0.1, 0.15) is 5.82 Å². The Balaban J connectivity index is 1.75. The van der Waals surface area contributed by atoms with Crippen LogP contribution in [0.2, 0.25) is 0 Å². The molecule has 108 valence electrons. The van der Waals surface area contributed by atoms with Crippen molar-refractivity contribution in [3.05, 3.63) is 48.3 Å². The first-order valence-corrected chi connectivity index (χ1v) is 7.04. The molecule has 0 atom stereocenters. The summed E-state index contributed by atoms with van der Waals surface area (Å²) in [5, 5.41) is 3.06. The molecule has 0 radical (unpaired) electrons. The van der Waals surface area contributed by atoms with Gasteiger partial charge in [-0.1, -0.05) is 18.2 Å². The summed E-state index contributed by atoms with van der Waals surface area (Å²) < 4.78 is 12.8. The number of rotatable bonds is 5. The molecule has 1 fully saturated rings. The van der Waals surface area contributed by atoms with E-state index in [-0.39, 0.29) is 17.8 Å². The zero-order valence-electron chi connectivity index (χ0n) is 11.6. The zero-order valence-corrected chi connectivity index (χ0v) is 11.6. The van der Waals surface area contributed by atoms with Crippen LogP contribution in [0.1, 0.15) is 18.4 Å². The molecular weight excluding hydrogens is 255 g/mol. The number of nitrogens with zero attached hydrogens (tertiary/aromatic N) is 1. The maximum Gasteiger partial charge on any atom is 0.224 e. The highest BCUT2D eigenvalue weighted by molar-refractivity contribution is 5.78. The molecular formula is C16H21FN2O. The number of hydrogen-bond acceptors (Lipinski definition) is 2. The number of nitrogens with one attached hydrogen (secondary N) is 1. The molecule has 0 spiro atoms. The first-order valence-electron chi connectivity index (χ1n) is 7.04. The van der Waals surface area contributed by atoms with Crippen LogP contribution in [0, 0.1) is 5.82 Å². The average molecular weight is 276 g/mol. The Labute approximate surface area is 119 Å². The smallest absolute Gasteiger partial charge is 0.224 e. The maximum atomic E-state index is 12.8. The summed E-state index contributed by atoms with van der Waals surface area (Å²) in [6, 6.07) is 6.33. The van der Waals surface area contributed by atoms with Crippen molar-refractivity contribution in [2.45, 2.75) is 25.3 Å². The average Bonchev–Trinajstić information content (AvgIpc) is 2.44. The summed E-state index contributed by atoms with van der Waals surface area (Å²) in [6.07, 6.45) is 4.17. The number of halogens is 1. The first kappa shape index (κ1) is 14.7. The van der Waals surface area contributed by atoms with Crippen LogP contribution in [-0.2, 0) is 11.2 Å². The molecule has 1 aliphatic heterocycles. The van der Waals surface area contributed by atoms with Gasteiger partial charge in [0.15, 0.2) is 0 Å². The van der Waals surface area contributed by atoms with E-state index in [1.807, 2.05) is 6.08 Å². The number of carbonyl (C=O) groups excluding carboxylic acids is 1. The van der Waals surface area contributed by atoms with Gasteiger partial charge in [-0.2, -0.15) is 0 Å². The van der Waals surface area contributed by atoms with Gasteiger partial charge in [0.05, 0.1) is 6.42 Å². The van der Waals surface area contributed by atoms with Crippen molar-refractivity contribution in [2.75, 3.05) is 19.6 Å². The van der Waals surface area contributed by atoms with Crippen LogP contribution in [0.3, 0.4) is 0 Å². The summed E-state index contributed by atoms with van der Waals surface area (Å²) in [5.41, 5.74) is 0.841. The van der Waals surface area contributed by atoms with E-state index < -0.39 is 0 Å². The summed E-state index contributed by atoms with van der Waals surface area (Å²) >= 11 is 0. The van der Waals surface area contributed by atoms with Gasteiger partial charge >= 0.3 is 0 Å². The van der Waals surface area contributed by atoms with Crippen molar-refractivity contribution in [3.63, 3.8) is 0 Å². The van der Waals surface area contributed by atoms with Crippen LogP contribution in [0.5, 0.6) is 0 Å². The molecule has 1 N–H and O–H groups in total. The Bertz CT molecular complexity index is 450. The lowest BCUT2D eigenvalue weighted by atomic mass is 10.0. The van der Waals surface area contributed by atoms with Gasteiger partial charge in [-0.3, -0.25) is 9.69 Å². The van der Waals surface area contributed by atoms with Crippen LogP contribution >= 0.6 is 0 Å². The Hall–Kier alpha value is -1.68. The molecule has 1 heterocycles. The standard InChI is InChI=1S/C16H21FN2O/c1-2-9-19-10-7-15(8-11-19)18-16(20)12-13-3-5-14(17)6-4-13/h2-6,15H,1,7-12H2,(H,18,20). The molecule has 0 aliphatic carbocycles. The highest BCUT2D eigenvalue weighted by Crippen LogP contribution is 2.10. The van der Waals surface area contributed by atoms with Gasteiger partial charge in [0, 0.05) is 25.7 Å². The highest BCUT2D eigenvalue weighted by Gasteiger charge is 2.19. The van der Waals surface area contributed by atoms with Gasteiger partial charge in [-0.05, 0) is 30.5 Å². The SMILES string of the molecule is C=CCN1CCC(NC(=O)Cc2ccc(F)cc2)CC1. The van der Waals surface area contributed by atoms with Crippen LogP contribution in [0.25, 0.3) is 0 Å². The van der Waals surface area contributed by atoms with E-state index in [1.54, 1.807) is 12.1 Å². The number of piperidine rings is 1. The molecule has 0 bridgehead atoms. The predicted molar refractivity (Wildman–Crippen MR) is 77.9 cm³/mol. The monoisotopic (exact) mass is 276 g/mol. The third kappa shape index (κ3) is 4.46. The molecule has 20 heavy (non-hydrogen) atoms. The van der Waals surface area contributed by atoms with E-state index in [9.17, 15) is 9.18 Å². The second-order valence-corrected chi connectivity index (χ2v) is 5.23. The first-order chi connectivity index (χ1) is 9.67. The maximum absolute atomic E-state index is 12.8. The van der Waals surface area contributed by atoms with Crippen LogP contribution in [0.15, 0.2) is 36.9 Å². The lowest BCUT2D eigenvalue weighted by Gasteiger charge is -2.31. The molecule has 3 nitrogen and oxygen atoms in total. The topological polar surface area (TPSA) is 32.3 Å². The van der Waals surface area contributed by atoms with E-state index in [0.717, 1.165) is 38.0 Å². The van der Waals surface area contributed by atoms with Crippen LogP contribution in [-0.4, -0.2) is 36.5 Å². The van der Waals surface area contributed by atoms with Crippen molar-refractivity contribution in [1.82, 2.24) is 10.2 Å². The second-order valence-electron chi connectivity index (χ2n) is 5.23. The van der Waals surface area contributed by atoms with Gasteiger partial charge in [-0.15, -0.1) is 6.58 Å². The molecule has 4 heteroatoms. The number of likely N-dealkylation sites (tertiary alicyclic amines) is 1. The van der Waals surface area contributed by atoms with Crippen molar-refractivity contribution in [1.29, 1.82) is 0 Å². The minimum Gasteiger partial charge on any atom is -0.353 e. The number of hydrogen-bond donors (Lipinski definition) is 1. The van der Waals surface area contributed by atoms with Crippen molar-refractivity contribution in [3.8, 4) is 0 Å². The van der Waals surface area contributed by atoms with Gasteiger partial charge in [0.25, 0.3) is 0 Å². The summed E-state index contributed by atoms with van der Waals surface area (Å²) in [6.45, 7) is 6.64. The molecule has 1 aromatic carbocycles. The minimum atomic E-state index is -0.274. The fourth-order valence-electron chi connectivity index (χ4n) is 2.51. The quantitative estimate of drug-likeness (QED) is 0.836. The van der Waals surface area contributed by atoms with Crippen molar-refractivity contribution in [2.24, 2.45) is 0 Å². The van der Waals surface area contributed by atoms with Crippen LogP contribution < -0.4 is 5.32 Å². The number of benzene rings is 1. The van der Waals surface area contributed by atoms with E-state index in [1.165, 1.54) is 12.1 Å². The molecule has 0 unspecified atom stereocenters. The van der Waals surface area contributed by atoms with E-state index in [2.05, 4.69) is 16.8 Å². The predicted octanol–water partition coefficient (Wildman–Crippen LogP) is 2.13. The summed E-state index contributed by atoms with van der Waals surface area (Å²) in [5.74, 6) is -0.262.